The van der Waals surface area contributed by atoms with Crippen LogP contribution < -0.4 is 11.5 Å². The molecule has 0 amide bonds. The van der Waals surface area contributed by atoms with Gasteiger partial charge in [-0.1, -0.05) is 90.1 Å². The SMILES string of the molecule is CC(O)CC(=CC(O)C(CN=C(N)N)C(C)C1CC2(O)C=CC3(O)C4=C(C(=O)CC1(C)C42C)C1(C)CCC(=O)C(C)(C)C1C3C=Cc1ccccc1)C(=O)O. The number of hydrogen-bond donors (Lipinski definition) is 7. The molecule has 9 N–H and O–H groups in total. The van der Waals surface area contributed by atoms with E-state index in [2.05, 4.69) is 11.9 Å². The van der Waals surface area contributed by atoms with Gasteiger partial charge in [0.15, 0.2) is 11.7 Å². The van der Waals surface area contributed by atoms with Crippen molar-refractivity contribution in [3.05, 3.63) is 76.9 Å². The van der Waals surface area contributed by atoms with Crippen molar-refractivity contribution in [3.8, 4) is 0 Å². The lowest BCUT2D eigenvalue weighted by molar-refractivity contribution is -0.162. The van der Waals surface area contributed by atoms with Gasteiger partial charge in [-0.25, -0.2) is 4.79 Å². The monoisotopic (exact) mass is 757 g/mol. The first-order valence-corrected chi connectivity index (χ1v) is 19.6. The molecule has 5 aliphatic carbocycles. The first-order chi connectivity index (χ1) is 25.5. The zero-order valence-electron chi connectivity index (χ0n) is 33.1. The van der Waals surface area contributed by atoms with Crippen molar-refractivity contribution < 1.29 is 39.9 Å². The van der Waals surface area contributed by atoms with Crippen molar-refractivity contribution in [2.45, 2.75) is 104 Å². The molecule has 2 fully saturated rings. The summed E-state index contributed by atoms with van der Waals surface area (Å²) < 4.78 is 0. The number of rotatable bonds is 11. The maximum atomic E-state index is 15.1. The van der Waals surface area contributed by atoms with Crippen LogP contribution in [0, 0.1) is 51.2 Å². The van der Waals surface area contributed by atoms with Crippen molar-refractivity contribution in [1.82, 2.24) is 0 Å². The summed E-state index contributed by atoms with van der Waals surface area (Å²) in [6.07, 6.45) is 6.99. The quantitative estimate of drug-likeness (QED) is 0.0733. The van der Waals surface area contributed by atoms with Gasteiger partial charge < -0.3 is 37.0 Å². The smallest absolute Gasteiger partial charge is 0.331 e. The third kappa shape index (κ3) is 5.99. The van der Waals surface area contributed by atoms with Crippen molar-refractivity contribution in [2.24, 2.45) is 67.7 Å². The Morgan fingerprint density at radius 2 is 1.67 bits per heavy atom. The van der Waals surface area contributed by atoms with E-state index in [0.717, 1.165) is 5.56 Å². The molecule has 11 heteroatoms. The van der Waals surface area contributed by atoms with Gasteiger partial charge in [-0.3, -0.25) is 14.6 Å². The summed E-state index contributed by atoms with van der Waals surface area (Å²) in [5.41, 5.74) is 6.23. The Bertz CT molecular complexity index is 1910. The molecule has 6 rings (SSSR count). The molecular weight excluding hydrogens is 698 g/mol. The minimum Gasteiger partial charge on any atom is -0.478 e. The number of guanidine groups is 1. The van der Waals surface area contributed by atoms with Crippen LogP contribution in [0.2, 0.25) is 0 Å². The van der Waals surface area contributed by atoms with Gasteiger partial charge >= 0.3 is 5.97 Å². The van der Waals surface area contributed by atoms with Crippen LogP contribution in [0.3, 0.4) is 0 Å². The third-order valence-electron chi connectivity index (χ3n) is 15.1. The van der Waals surface area contributed by atoms with E-state index in [1.54, 1.807) is 12.2 Å². The summed E-state index contributed by atoms with van der Waals surface area (Å²) >= 11 is 0. The number of allylic oxidation sites excluding steroid dienone is 1. The maximum Gasteiger partial charge on any atom is 0.331 e. The zero-order chi connectivity index (χ0) is 40.7. The second kappa shape index (κ2) is 13.6. The van der Waals surface area contributed by atoms with Gasteiger partial charge in [-0.05, 0) is 66.2 Å². The van der Waals surface area contributed by atoms with Crippen LogP contribution in [-0.4, -0.2) is 79.0 Å². The molecule has 0 aliphatic heterocycles. The lowest BCUT2D eigenvalue weighted by Gasteiger charge is -2.68. The van der Waals surface area contributed by atoms with Gasteiger partial charge in [0.05, 0.1) is 17.8 Å². The molecule has 12 atom stereocenters. The van der Waals surface area contributed by atoms with Gasteiger partial charge in [-0.15, -0.1) is 0 Å². The van der Waals surface area contributed by atoms with E-state index in [1.807, 2.05) is 77.1 Å². The number of nitrogens with two attached hydrogens (primary N) is 2. The zero-order valence-corrected chi connectivity index (χ0v) is 33.1. The van der Waals surface area contributed by atoms with Crippen molar-refractivity contribution in [3.63, 3.8) is 0 Å². The topological polar surface area (TPSA) is 217 Å². The Kier molecular flexibility index (Phi) is 10.1. The number of ketones is 2. The summed E-state index contributed by atoms with van der Waals surface area (Å²) in [5.74, 6) is -4.30. The second-order valence-electron chi connectivity index (χ2n) is 18.5. The lowest BCUT2D eigenvalue weighted by Crippen LogP contribution is -2.69. The number of aliphatic hydroxyl groups is 4. The number of Topliss-reactive ketones (excluding diaryl/α,β-unsaturated/α-hetero) is 2. The number of hydrogen-bond acceptors (Lipinski definition) is 8. The predicted octanol–water partition coefficient (Wildman–Crippen LogP) is 4.34. The Labute approximate surface area is 324 Å². The Hall–Kier alpha value is -3.90. The van der Waals surface area contributed by atoms with Crippen LogP contribution in [0.25, 0.3) is 6.08 Å². The molecule has 0 heterocycles. The van der Waals surface area contributed by atoms with E-state index >= 15 is 4.79 Å². The van der Waals surface area contributed by atoms with Crippen molar-refractivity contribution in [2.75, 3.05) is 6.54 Å². The summed E-state index contributed by atoms with van der Waals surface area (Å²) in [5, 5.41) is 58.1. The minimum atomic E-state index is -1.73. The van der Waals surface area contributed by atoms with Crippen LogP contribution in [0.5, 0.6) is 0 Å². The molecular formula is C44H59N3O8. The number of fused-ring (bicyclic) bond motifs is 2. The number of nitrogens with zero attached hydrogens (tertiary/aromatic N) is 1. The molecule has 0 radical (unpaired) electrons. The number of aliphatic carboxylic acids is 1. The van der Waals surface area contributed by atoms with Gasteiger partial charge in [0.2, 0.25) is 0 Å². The lowest BCUT2D eigenvalue weighted by atomic mass is 9.36. The molecule has 2 saturated carbocycles. The first-order valence-electron chi connectivity index (χ1n) is 19.6. The average molecular weight is 758 g/mol. The van der Waals surface area contributed by atoms with Gasteiger partial charge in [0.1, 0.15) is 11.4 Å². The molecule has 0 bridgehead atoms. The van der Waals surface area contributed by atoms with E-state index in [1.165, 1.54) is 13.0 Å². The molecule has 55 heavy (non-hydrogen) atoms. The number of aliphatic imine (C=N–C) groups is 1. The highest BCUT2D eigenvalue weighted by molar-refractivity contribution is 6.02. The standard InChI is InChI=1S/C44H59N3O8/c1-24(48)19-27(37(52)53)20-31(49)28(23-47-38(45)46)25(2)30-21-43(54)17-18-44(55)29(14-13-26-11-9-8-10-12-26)35-39(3,4)33(51)15-16-40(35,5)34-32(50)22-41(30,6)42(43,7)36(34)44/h8-14,17-18,20,24-25,28-31,35,48-49,54-55H,15-16,19,21-23H2,1-7H3,(H,52,53)(H4,45,46,47). The van der Waals surface area contributed by atoms with Crippen LogP contribution >= 0.6 is 0 Å². The third-order valence-corrected chi connectivity index (χ3v) is 15.1. The van der Waals surface area contributed by atoms with E-state index in [0.29, 0.717) is 17.6 Å². The fraction of sp³-hybridized carbons (Fsp3) is 0.591. The van der Waals surface area contributed by atoms with Gasteiger partial charge in [-0.2, -0.15) is 0 Å². The fourth-order valence-corrected chi connectivity index (χ4v) is 12.3. The minimum absolute atomic E-state index is 0.0497. The molecule has 298 valence electrons. The van der Waals surface area contributed by atoms with Crippen molar-refractivity contribution in [1.29, 1.82) is 0 Å². The Balaban J connectivity index is 1.55. The molecule has 11 nitrogen and oxygen atoms in total. The van der Waals surface area contributed by atoms with Crippen LogP contribution in [0.15, 0.2) is 76.3 Å². The van der Waals surface area contributed by atoms with E-state index in [4.69, 9.17) is 11.5 Å². The van der Waals surface area contributed by atoms with E-state index in [9.17, 15) is 35.1 Å². The molecule has 12 unspecified atom stereocenters. The number of aliphatic hydroxyl groups excluding tert-OH is 2. The number of carbonyl (C=O) groups is 3. The number of carboxylic acid groups (broad SMARTS) is 1. The summed E-state index contributed by atoms with van der Waals surface area (Å²) in [7, 11) is 0. The number of carboxylic acids is 1. The maximum absolute atomic E-state index is 15.1. The Morgan fingerprint density at radius 1 is 1.02 bits per heavy atom. The highest BCUT2D eigenvalue weighted by atomic mass is 16.4. The van der Waals surface area contributed by atoms with Crippen LogP contribution in [-0.2, 0) is 14.4 Å². The summed E-state index contributed by atoms with van der Waals surface area (Å²) in [6, 6.07) is 9.74. The molecule has 1 aromatic rings. The summed E-state index contributed by atoms with van der Waals surface area (Å²) in [4.78, 5) is 45.3. The van der Waals surface area contributed by atoms with Gasteiger partial charge in [0, 0.05) is 65.0 Å². The van der Waals surface area contributed by atoms with E-state index in [-0.39, 0.29) is 55.3 Å². The molecule has 1 aromatic carbocycles. The number of benzene rings is 1. The number of carbonyl (C=O) groups excluding carboxylic acids is 2. The average Bonchev–Trinajstić information content (AvgIpc) is 3.28. The molecule has 0 spiro atoms. The van der Waals surface area contributed by atoms with Gasteiger partial charge in [0.25, 0.3) is 0 Å². The normalized spacial score (nSPS) is 38.6. The Morgan fingerprint density at radius 3 is 2.27 bits per heavy atom. The van der Waals surface area contributed by atoms with Crippen LogP contribution in [0.1, 0.15) is 86.1 Å². The van der Waals surface area contributed by atoms with Crippen LogP contribution in [0.4, 0.5) is 0 Å². The summed E-state index contributed by atoms with van der Waals surface area (Å²) in [6.45, 7) is 13.2. The highest BCUT2D eigenvalue weighted by Gasteiger charge is 2.78. The molecule has 0 aromatic heterocycles. The van der Waals surface area contributed by atoms with Crippen molar-refractivity contribution >= 4 is 29.6 Å². The predicted molar refractivity (Wildman–Crippen MR) is 210 cm³/mol. The highest BCUT2D eigenvalue weighted by Crippen LogP contribution is 2.78. The molecule has 0 saturated heterocycles. The second-order valence-corrected chi connectivity index (χ2v) is 18.5. The molecule has 5 aliphatic rings. The van der Waals surface area contributed by atoms with E-state index < -0.39 is 80.6 Å². The fourth-order valence-electron chi connectivity index (χ4n) is 12.3. The largest absolute Gasteiger partial charge is 0.478 e. The first kappa shape index (κ1) is 40.8.